The maximum absolute atomic E-state index is 4.44. The second-order valence-electron chi connectivity index (χ2n) is 5.14. The maximum Gasteiger partial charge on any atom is 0.137 e. The summed E-state index contributed by atoms with van der Waals surface area (Å²) >= 11 is 0. The van der Waals surface area contributed by atoms with Gasteiger partial charge < -0.3 is 10.2 Å². The van der Waals surface area contributed by atoms with Crippen LogP contribution in [0.5, 0.6) is 0 Å². The van der Waals surface area contributed by atoms with Crippen molar-refractivity contribution in [3.63, 3.8) is 0 Å². The van der Waals surface area contributed by atoms with Crippen molar-refractivity contribution < 1.29 is 0 Å². The molecule has 0 spiro atoms. The highest BCUT2D eigenvalue weighted by Crippen LogP contribution is 2.30. The number of aromatic nitrogens is 2. The predicted molar refractivity (Wildman–Crippen MR) is 73.8 cm³/mol. The van der Waals surface area contributed by atoms with Crippen molar-refractivity contribution in [1.82, 2.24) is 9.97 Å². The number of nitrogens with zero attached hydrogens (tertiary/aromatic N) is 3. The zero-order chi connectivity index (χ0) is 13.0. The van der Waals surface area contributed by atoms with Crippen molar-refractivity contribution in [3.8, 4) is 0 Å². The summed E-state index contributed by atoms with van der Waals surface area (Å²) in [6.07, 6.45) is 1.63. The molecule has 0 saturated carbocycles. The van der Waals surface area contributed by atoms with Crippen LogP contribution < -0.4 is 10.2 Å². The molecule has 1 aromatic rings. The molecule has 0 aromatic carbocycles. The third-order valence-electron chi connectivity index (χ3n) is 2.68. The highest BCUT2D eigenvalue weighted by Gasteiger charge is 2.17. The van der Waals surface area contributed by atoms with Crippen molar-refractivity contribution in [1.29, 1.82) is 0 Å². The first-order valence-corrected chi connectivity index (χ1v) is 6.21. The van der Waals surface area contributed by atoms with Crippen molar-refractivity contribution in [3.05, 3.63) is 11.9 Å². The van der Waals surface area contributed by atoms with Gasteiger partial charge in [0.1, 0.15) is 18.0 Å². The van der Waals surface area contributed by atoms with Crippen LogP contribution in [0.3, 0.4) is 0 Å². The van der Waals surface area contributed by atoms with Gasteiger partial charge in [0.25, 0.3) is 0 Å². The molecule has 1 rings (SSSR count). The van der Waals surface area contributed by atoms with Gasteiger partial charge in [0, 0.05) is 26.2 Å². The molecule has 0 aliphatic rings. The molecule has 0 aliphatic carbocycles. The minimum absolute atomic E-state index is 0.406. The topological polar surface area (TPSA) is 41.1 Å². The standard InChI is InChI=1S/C13H24N4/c1-9(2)7-17(6)13-11(10(3)4)12(14-5)15-8-16-13/h8-10H,7H2,1-6H3,(H,14,15,16). The summed E-state index contributed by atoms with van der Waals surface area (Å²) < 4.78 is 0. The van der Waals surface area contributed by atoms with Gasteiger partial charge in [0.05, 0.1) is 0 Å². The Bertz CT molecular complexity index is 360. The third-order valence-corrected chi connectivity index (χ3v) is 2.68. The first-order valence-electron chi connectivity index (χ1n) is 6.21. The van der Waals surface area contributed by atoms with Crippen molar-refractivity contribution in [2.45, 2.75) is 33.6 Å². The molecule has 0 atom stereocenters. The Morgan fingerprint density at radius 2 is 1.88 bits per heavy atom. The fraction of sp³-hybridized carbons (Fsp3) is 0.692. The van der Waals surface area contributed by atoms with E-state index < -0.39 is 0 Å². The number of anilines is 2. The normalized spacial score (nSPS) is 11.1. The fourth-order valence-corrected chi connectivity index (χ4v) is 2.06. The number of nitrogens with one attached hydrogen (secondary N) is 1. The Hall–Kier alpha value is -1.32. The summed E-state index contributed by atoms with van der Waals surface area (Å²) in [6.45, 7) is 9.77. The van der Waals surface area contributed by atoms with E-state index in [4.69, 9.17) is 0 Å². The predicted octanol–water partition coefficient (Wildman–Crippen LogP) is 2.73. The molecule has 0 amide bonds. The van der Waals surface area contributed by atoms with E-state index in [1.165, 1.54) is 5.56 Å². The van der Waals surface area contributed by atoms with Crippen LogP contribution in [0.2, 0.25) is 0 Å². The second kappa shape index (κ2) is 5.84. The first-order chi connectivity index (χ1) is 7.97. The van der Waals surface area contributed by atoms with Crippen LogP contribution in [0.25, 0.3) is 0 Å². The summed E-state index contributed by atoms with van der Waals surface area (Å²) in [5, 5.41) is 3.15. The van der Waals surface area contributed by atoms with Crippen LogP contribution in [0.4, 0.5) is 11.6 Å². The second-order valence-corrected chi connectivity index (χ2v) is 5.14. The summed E-state index contributed by atoms with van der Waals surface area (Å²) in [4.78, 5) is 10.9. The molecule has 0 radical (unpaired) electrons. The van der Waals surface area contributed by atoms with E-state index in [9.17, 15) is 0 Å². The monoisotopic (exact) mass is 236 g/mol. The lowest BCUT2D eigenvalue weighted by Gasteiger charge is -2.25. The van der Waals surface area contributed by atoms with Gasteiger partial charge in [-0.3, -0.25) is 0 Å². The van der Waals surface area contributed by atoms with E-state index in [1.54, 1.807) is 6.33 Å². The van der Waals surface area contributed by atoms with Crippen LogP contribution >= 0.6 is 0 Å². The van der Waals surface area contributed by atoms with Gasteiger partial charge in [-0.1, -0.05) is 27.7 Å². The average molecular weight is 236 g/mol. The van der Waals surface area contributed by atoms with E-state index in [0.717, 1.165) is 18.2 Å². The maximum atomic E-state index is 4.44. The van der Waals surface area contributed by atoms with Gasteiger partial charge in [0.15, 0.2) is 0 Å². The molecule has 1 N–H and O–H groups in total. The van der Waals surface area contributed by atoms with Gasteiger partial charge in [-0.15, -0.1) is 0 Å². The van der Waals surface area contributed by atoms with Gasteiger partial charge in [0.2, 0.25) is 0 Å². The minimum Gasteiger partial charge on any atom is -0.373 e. The third kappa shape index (κ3) is 3.32. The molecule has 0 saturated heterocycles. The van der Waals surface area contributed by atoms with Gasteiger partial charge in [-0.05, 0) is 11.8 Å². The van der Waals surface area contributed by atoms with Crippen LogP contribution in [0, 0.1) is 5.92 Å². The van der Waals surface area contributed by atoms with Crippen molar-refractivity contribution in [2.24, 2.45) is 5.92 Å². The fourth-order valence-electron chi connectivity index (χ4n) is 2.06. The lowest BCUT2D eigenvalue weighted by atomic mass is 10.0. The SMILES string of the molecule is CNc1ncnc(N(C)CC(C)C)c1C(C)C. The number of hydrogen-bond donors (Lipinski definition) is 1. The molecular formula is C13H24N4. The molecule has 96 valence electrons. The molecule has 4 nitrogen and oxygen atoms in total. The largest absolute Gasteiger partial charge is 0.373 e. The Labute approximate surface area is 104 Å². The molecule has 0 fully saturated rings. The molecule has 1 aromatic heterocycles. The molecule has 0 unspecified atom stereocenters. The van der Waals surface area contributed by atoms with E-state index in [1.807, 2.05) is 7.05 Å². The zero-order valence-electron chi connectivity index (χ0n) is 11.8. The Balaban J connectivity index is 3.13. The van der Waals surface area contributed by atoms with Crippen LogP contribution in [0.1, 0.15) is 39.2 Å². The zero-order valence-corrected chi connectivity index (χ0v) is 11.8. The molecule has 0 aliphatic heterocycles. The Morgan fingerprint density at radius 1 is 1.24 bits per heavy atom. The summed E-state index contributed by atoms with van der Waals surface area (Å²) in [5.74, 6) is 2.99. The van der Waals surface area contributed by atoms with E-state index in [2.05, 4.69) is 54.9 Å². The Morgan fingerprint density at radius 3 is 2.35 bits per heavy atom. The van der Waals surface area contributed by atoms with Gasteiger partial charge >= 0.3 is 0 Å². The van der Waals surface area contributed by atoms with E-state index in [-0.39, 0.29) is 0 Å². The van der Waals surface area contributed by atoms with Crippen LogP contribution in [-0.4, -0.2) is 30.6 Å². The summed E-state index contributed by atoms with van der Waals surface area (Å²) in [5.41, 5.74) is 1.19. The first kappa shape index (κ1) is 13.7. The lowest BCUT2D eigenvalue weighted by molar-refractivity contribution is 0.630. The molecule has 17 heavy (non-hydrogen) atoms. The molecule has 1 heterocycles. The number of rotatable bonds is 5. The summed E-state index contributed by atoms with van der Waals surface area (Å²) in [7, 11) is 3.99. The molecular weight excluding hydrogens is 212 g/mol. The van der Waals surface area contributed by atoms with Gasteiger partial charge in [-0.25, -0.2) is 9.97 Å². The minimum atomic E-state index is 0.406. The number of hydrogen-bond acceptors (Lipinski definition) is 4. The highest BCUT2D eigenvalue weighted by molar-refractivity contribution is 5.59. The van der Waals surface area contributed by atoms with Crippen molar-refractivity contribution >= 4 is 11.6 Å². The van der Waals surface area contributed by atoms with Crippen molar-refractivity contribution in [2.75, 3.05) is 30.9 Å². The lowest BCUT2D eigenvalue weighted by Crippen LogP contribution is -2.25. The van der Waals surface area contributed by atoms with Crippen LogP contribution in [0.15, 0.2) is 6.33 Å². The average Bonchev–Trinajstić information content (AvgIpc) is 2.26. The smallest absolute Gasteiger partial charge is 0.137 e. The van der Waals surface area contributed by atoms with Crippen LogP contribution in [-0.2, 0) is 0 Å². The van der Waals surface area contributed by atoms with Gasteiger partial charge in [-0.2, -0.15) is 0 Å². The molecule has 0 bridgehead atoms. The summed E-state index contributed by atoms with van der Waals surface area (Å²) in [6, 6.07) is 0. The highest BCUT2D eigenvalue weighted by atomic mass is 15.2. The quantitative estimate of drug-likeness (QED) is 0.853. The van der Waals surface area contributed by atoms with E-state index >= 15 is 0 Å². The van der Waals surface area contributed by atoms with E-state index in [0.29, 0.717) is 11.8 Å². The Kier molecular flexibility index (Phi) is 4.73. The molecule has 4 heteroatoms.